The fourth-order valence-corrected chi connectivity index (χ4v) is 5.71. The van der Waals surface area contributed by atoms with Gasteiger partial charge in [-0.15, -0.1) is 0 Å². The second-order valence-electron chi connectivity index (χ2n) is 9.91. The van der Waals surface area contributed by atoms with Crippen LogP contribution in [0.15, 0.2) is 66.7 Å². The first kappa shape index (κ1) is 24.2. The van der Waals surface area contributed by atoms with Crippen LogP contribution < -0.4 is 5.32 Å². The highest BCUT2D eigenvalue weighted by atomic mass is 32.1. The number of aromatic nitrogens is 1. The van der Waals surface area contributed by atoms with Gasteiger partial charge < -0.3 is 9.47 Å². The molecule has 0 spiro atoms. The standard InChI is InChI=1S/C31H26N2O4S/c1-20-26(32-29(35)37-31(18-19-31)25-6-4-3-5-7-25)27(38-33-20)23-10-8-21(9-11-23)22-12-14-24(15-13-22)30(16-17-30)28(34)36-2/h3-12,14H,16-19H2,1-2H3,(H,32,35). The Morgan fingerprint density at radius 2 is 1.63 bits per heavy atom. The number of nitrogens with one attached hydrogen (secondary N) is 1. The minimum atomic E-state index is -0.553. The summed E-state index contributed by atoms with van der Waals surface area (Å²) in [6.45, 7) is 1.88. The molecule has 4 aromatic rings. The van der Waals surface area contributed by atoms with Crippen molar-refractivity contribution in [1.29, 1.82) is 0 Å². The van der Waals surface area contributed by atoms with Gasteiger partial charge >= 0.3 is 12.1 Å². The average molecular weight is 523 g/mol. The van der Waals surface area contributed by atoms with Crippen LogP contribution in [0.1, 0.15) is 42.5 Å². The van der Waals surface area contributed by atoms with Gasteiger partial charge in [-0.05, 0) is 73.0 Å². The summed E-state index contributed by atoms with van der Waals surface area (Å²) in [6, 6.07) is 28.2. The molecule has 0 atom stereocenters. The van der Waals surface area contributed by atoms with Gasteiger partial charge in [0.25, 0.3) is 0 Å². The quantitative estimate of drug-likeness (QED) is 0.269. The number of aryl methyl sites for hydroxylation is 1. The normalized spacial score (nSPS) is 16.2. The van der Waals surface area contributed by atoms with Gasteiger partial charge in [-0.25, -0.2) is 4.79 Å². The molecule has 2 saturated carbocycles. The molecule has 2 aliphatic carbocycles. The van der Waals surface area contributed by atoms with Crippen LogP contribution in [0.2, 0.25) is 0 Å². The number of rotatable bonds is 7. The SMILES string of the molecule is COC(=O)C1(c2c#cc(-c3ccc(-c4snc(C)c4NC(=O)OC4(c5ccccc5)CC4)cc3)cc2)CC1. The first-order chi connectivity index (χ1) is 18.4. The molecule has 0 radical (unpaired) electrons. The van der Waals surface area contributed by atoms with Crippen LogP contribution in [0.4, 0.5) is 10.5 Å². The summed E-state index contributed by atoms with van der Waals surface area (Å²) in [5, 5.41) is 2.95. The molecular formula is C31H26N2O4S. The highest BCUT2D eigenvalue weighted by Gasteiger charge is 2.53. The lowest BCUT2D eigenvalue weighted by atomic mass is 9.95. The van der Waals surface area contributed by atoms with Crippen molar-refractivity contribution in [3.8, 4) is 21.6 Å². The van der Waals surface area contributed by atoms with Crippen molar-refractivity contribution < 1.29 is 19.1 Å². The number of nitrogens with zero attached hydrogens (tertiary/aromatic N) is 1. The minimum Gasteiger partial charge on any atom is -0.468 e. The second-order valence-corrected chi connectivity index (χ2v) is 10.7. The number of benzene rings is 2. The number of hydrogen-bond donors (Lipinski definition) is 1. The molecule has 2 aliphatic rings. The number of anilines is 1. The second kappa shape index (κ2) is 9.30. The fraction of sp³-hybridized carbons (Fsp3) is 0.258. The van der Waals surface area contributed by atoms with Gasteiger partial charge in [-0.2, -0.15) is 4.37 Å². The molecular weight excluding hydrogens is 496 g/mol. The van der Waals surface area contributed by atoms with Crippen molar-refractivity contribution in [2.45, 2.75) is 43.6 Å². The molecule has 3 aromatic carbocycles. The van der Waals surface area contributed by atoms with Crippen LogP contribution in [0.3, 0.4) is 0 Å². The molecule has 0 bridgehead atoms. The maximum Gasteiger partial charge on any atom is 0.412 e. The Hall–Kier alpha value is -4.15. The maximum absolute atomic E-state index is 12.9. The Morgan fingerprint density at radius 3 is 2.24 bits per heavy atom. The predicted molar refractivity (Wildman–Crippen MR) is 146 cm³/mol. The van der Waals surface area contributed by atoms with Crippen molar-refractivity contribution in [3.63, 3.8) is 0 Å². The lowest BCUT2D eigenvalue weighted by molar-refractivity contribution is -0.143. The lowest BCUT2D eigenvalue weighted by Crippen LogP contribution is -2.22. The zero-order valence-corrected chi connectivity index (χ0v) is 22.0. The molecule has 6 nitrogen and oxygen atoms in total. The molecule has 38 heavy (non-hydrogen) atoms. The third-order valence-corrected chi connectivity index (χ3v) is 8.42. The van der Waals surface area contributed by atoms with Crippen molar-refractivity contribution in [2.75, 3.05) is 12.4 Å². The molecule has 0 saturated heterocycles. The summed E-state index contributed by atoms with van der Waals surface area (Å²) in [6.07, 6.45) is 2.72. The smallest absolute Gasteiger partial charge is 0.412 e. The van der Waals surface area contributed by atoms with Gasteiger partial charge in [0.1, 0.15) is 11.0 Å². The van der Waals surface area contributed by atoms with Gasteiger partial charge in [0.2, 0.25) is 0 Å². The van der Waals surface area contributed by atoms with Gasteiger partial charge in [0.15, 0.2) is 0 Å². The molecule has 1 N–H and O–H groups in total. The first-order valence-electron chi connectivity index (χ1n) is 12.6. The Labute approximate surface area is 225 Å². The average Bonchev–Trinajstić information content (AvgIpc) is 3.89. The fourth-order valence-electron chi connectivity index (χ4n) is 4.86. The van der Waals surface area contributed by atoms with Crippen LogP contribution in [0, 0.1) is 19.1 Å². The molecule has 6 rings (SSSR count). The molecule has 1 amide bonds. The van der Waals surface area contributed by atoms with Crippen molar-refractivity contribution in [2.24, 2.45) is 0 Å². The Balaban J connectivity index is 1.17. The van der Waals surface area contributed by atoms with Gasteiger partial charge in [0.05, 0.1) is 23.4 Å². The van der Waals surface area contributed by atoms with E-state index in [1.807, 2.05) is 73.7 Å². The number of carbonyl (C=O) groups excluding carboxylic acids is 2. The monoisotopic (exact) mass is 522 g/mol. The van der Waals surface area contributed by atoms with Gasteiger partial charge in [-0.1, -0.05) is 66.7 Å². The summed E-state index contributed by atoms with van der Waals surface area (Å²) in [7, 11) is 1.42. The van der Waals surface area contributed by atoms with E-state index >= 15 is 0 Å². The Bertz CT molecular complexity index is 1490. The number of methoxy groups -OCH3 is 1. The number of hydrogen-bond acceptors (Lipinski definition) is 6. The minimum absolute atomic E-state index is 0.209. The number of ether oxygens (including phenoxy) is 2. The summed E-state index contributed by atoms with van der Waals surface area (Å²) < 4.78 is 15.3. The topological polar surface area (TPSA) is 77.5 Å². The maximum atomic E-state index is 12.9. The van der Waals surface area contributed by atoms with Crippen molar-refractivity contribution >= 4 is 29.3 Å². The number of carbonyl (C=O) groups is 2. The van der Waals surface area contributed by atoms with Crippen molar-refractivity contribution in [3.05, 3.63) is 95.7 Å². The summed E-state index contributed by atoms with van der Waals surface area (Å²) in [5.74, 6) is -0.209. The molecule has 0 aliphatic heterocycles. The molecule has 1 aromatic heterocycles. The largest absolute Gasteiger partial charge is 0.468 e. The summed E-state index contributed by atoms with van der Waals surface area (Å²) in [4.78, 5) is 25.9. The van der Waals surface area contributed by atoms with E-state index in [1.54, 1.807) is 0 Å². The van der Waals surface area contributed by atoms with Crippen LogP contribution >= 0.6 is 11.5 Å². The molecule has 190 valence electrons. The molecule has 0 unspecified atom stereocenters. The predicted octanol–water partition coefficient (Wildman–Crippen LogP) is 6.83. The van der Waals surface area contributed by atoms with E-state index in [1.165, 1.54) is 18.6 Å². The lowest BCUT2D eigenvalue weighted by Gasteiger charge is -2.17. The van der Waals surface area contributed by atoms with E-state index < -0.39 is 17.1 Å². The highest BCUT2D eigenvalue weighted by Crippen LogP contribution is 2.50. The van der Waals surface area contributed by atoms with Crippen LogP contribution in [-0.4, -0.2) is 23.5 Å². The zero-order valence-electron chi connectivity index (χ0n) is 21.2. The van der Waals surface area contributed by atoms with E-state index in [0.717, 1.165) is 64.1 Å². The van der Waals surface area contributed by atoms with Crippen molar-refractivity contribution in [1.82, 2.24) is 4.37 Å². The van der Waals surface area contributed by atoms with Crippen LogP contribution in [0.5, 0.6) is 0 Å². The van der Waals surface area contributed by atoms with E-state index in [4.69, 9.17) is 9.47 Å². The zero-order chi connectivity index (χ0) is 26.3. The first-order valence-corrected chi connectivity index (χ1v) is 13.4. The van der Waals surface area contributed by atoms with E-state index in [2.05, 4.69) is 21.8 Å². The number of amides is 1. The third kappa shape index (κ3) is 4.31. The van der Waals surface area contributed by atoms with E-state index in [9.17, 15) is 9.59 Å². The molecule has 2 fully saturated rings. The Morgan fingerprint density at radius 1 is 0.921 bits per heavy atom. The molecule has 7 heteroatoms. The van der Waals surface area contributed by atoms with Crippen LogP contribution in [-0.2, 0) is 25.3 Å². The van der Waals surface area contributed by atoms with Gasteiger partial charge in [-0.3, -0.25) is 10.1 Å². The highest BCUT2D eigenvalue weighted by molar-refractivity contribution is 7.10. The summed E-state index contributed by atoms with van der Waals surface area (Å²) >= 11 is 1.34. The van der Waals surface area contributed by atoms with Gasteiger partial charge in [0, 0.05) is 11.1 Å². The number of esters is 1. The molecule has 1 heterocycles. The Kier molecular flexibility index (Phi) is 5.93. The summed E-state index contributed by atoms with van der Waals surface area (Å²) in [5.41, 5.74) is 4.98. The van der Waals surface area contributed by atoms with Crippen LogP contribution in [0.25, 0.3) is 21.6 Å². The van der Waals surface area contributed by atoms with E-state index in [0.29, 0.717) is 5.69 Å². The van der Waals surface area contributed by atoms with E-state index in [-0.39, 0.29) is 5.97 Å². The third-order valence-electron chi connectivity index (χ3n) is 7.43.